The molecule has 0 saturated heterocycles. The number of carbonyl (C=O) groups is 1. The molecule has 0 aromatic carbocycles. The third kappa shape index (κ3) is 2.30. The molecule has 4 aliphatic rings. The molecular weight excluding hydrogens is 310 g/mol. The molecule has 6 atom stereocenters. The minimum Gasteiger partial charge on any atom is -0.481 e. The van der Waals surface area contributed by atoms with Gasteiger partial charge in [0.05, 0.1) is 6.04 Å². The first kappa shape index (κ1) is 17.3. The highest BCUT2D eigenvalue weighted by Gasteiger charge is 2.65. The first-order valence-electron chi connectivity index (χ1n) is 10.4. The summed E-state index contributed by atoms with van der Waals surface area (Å²) in [6.07, 6.45) is 13.3. The SMILES string of the molecule is CC(C)[C@@H]1CC[C@]2(C)[C@@H]3C=N[C@H]1[C@@]2(CCC(=O)O)C1=CCC[C@@H]1CC3. The maximum absolute atomic E-state index is 11.6. The number of hydrogen-bond acceptors (Lipinski definition) is 2. The lowest BCUT2D eigenvalue weighted by Gasteiger charge is -2.63. The van der Waals surface area contributed by atoms with Crippen molar-refractivity contribution in [2.45, 2.75) is 78.2 Å². The third-order valence-electron chi connectivity index (χ3n) is 8.42. The van der Waals surface area contributed by atoms with Gasteiger partial charge in [-0.15, -0.1) is 0 Å². The second-order valence-corrected chi connectivity index (χ2v) is 9.59. The van der Waals surface area contributed by atoms with Crippen LogP contribution in [0, 0.1) is 34.5 Å². The zero-order valence-corrected chi connectivity index (χ0v) is 16.0. The molecule has 138 valence electrons. The summed E-state index contributed by atoms with van der Waals surface area (Å²) < 4.78 is 0. The van der Waals surface area contributed by atoms with Crippen molar-refractivity contribution < 1.29 is 9.90 Å². The summed E-state index contributed by atoms with van der Waals surface area (Å²) in [7, 11) is 0. The van der Waals surface area contributed by atoms with Gasteiger partial charge in [0, 0.05) is 24.0 Å². The summed E-state index contributed by atoms with van der Waals surface area (Å²) in [5, 5.41) is 9.51. The Morgan fingerprint density at radius 3 is 2.84 bits per heavy atom. The topological polar surface area (TPSA) is 49.7 Å². The lowest BCUT2D eigenvalue weighted by atomic mass is 9.43. The average Bonchev–Trinajstić information content (AvgIpc) is 2.99. The summed E-state index contributed by atoms with van der Waals surface area (Å²) in [4.78, 5) is 16.8. The maximum atomic E-state index is 11.6. The molecule has 0 spiro atoms. The zero-order chi connectivity index (χ0) is 17.8. The molecule has 1 aliphatic heterocycles. The van der Waals surface area contributed by atoms with E-state index >= 15 is 0 Å². The Hall–Kier alpha value is -1.12. The normalized spacial score (nSPS) is 45.0. The predicted octanol–water partition coefficient (Wildman–Crippen LogP) is 5.11. The average molecular weight is 344 g/mol. The number of carboxylic acid groups (broad SMARTS) is 1. The number of carboxylic acids is 1. The summed E-state index contributed by atoms with van der Waals surface area (Å²) in [6.45, 7) is 7.14. The van der Waals surface area contributed by atoms with Crippen molar-refractivity contribution in [2.24, 2.45) is 39.5 Å². The summed E-state index contributed by atoms with van der Waals surface area (Å²) in [6, 6.07) is 0.284. The highest BCUT2D eigenvalue weighted by atomic mass is 16.4. The number of allylic oxidation sites excluding steroid dienone is 1. The fourth-order valence-corrected chi connectivity index (χ4v) is 7.13. The van der Waals surface area contributed by atoms with E-state index in [0.29, 0.717) is 23.7 Å². The number of rotatable bonds is 4. The van der Waals surface area contributed by atoms with Gasteiger partial charge in [0.15, 0.2) is 0 Å². The Labute approximate surface area is 152 Å². The van der Waals surface area contributed by atoms with E-state index in [2.05, 4.69) is 33.1 Å². The molecule has 2 fully saturated rings. The van der Waals surface area contributed by atoms with E-state index < -0.39 is 5.97 Å². The quantitative estimate of drug-likeness (QED) is 0.721. The van der Waals surface area contributed by atoms with Gasteiger partial charge in [-0.25, -0.2) is 0 Å². The molecule has 3 heteroatoms. The molecule has 0 aromatic heterocycles. The van der Waals surface area contributed by atoms with Gasteiger partial charge in [0.1, 0.15) is 0 Å². The molecule has 1 N–H and O–H groups in total. The van der Waals surface area contributed by atoms with Crippen LogP contribution in [0.5, 0.6) is 0 Å². The second kappa shape index (κ2) is 5.96. The van der Waals surface area contributed by atoms with Crippen LogP contribution < -0.4 is 0 Å². The van der Waals surface area contributed by atoms with Crippen LogP contribution in [-0.2, 0) is 4.79 Å². The van der Waals surface area contributed by atoms with Crippen LogP contribution >= 0.6 is 0 Å². The maximum Gasteiger partial charge on any atom is 0.303 e. The van der Waals surface area contributed by atoms with Crippen LogP contribution in [0.2, 0.25) is 0 Å². The Morgan fingerprint density at radius 2 is 2.12 bits per heavy atom. The van der Waals surface area contributed by atoms with E-state index in [4.69, 9.17) is 4.99 Å². The molecule has 1 heterocycles. The third-order valence-corrected chi connectivity index (χ3v) is 8.42. The van der Waals surface area contributed by atoms with Crippen molar-refractivity contribution in [1.29, 1.82) is 0 Å². The molecule has 3 aliphatic carbocycles. The van der Waals surface area contributed by atoms with Gasteiger partial charge >= 0.3 is 5.97 Å². The zero-order valence-electron chi connectivity index (χ0n) is 16.0. The van der Waals surface area contributed by atoms with Gasteiger partial charge < -0.3 is 5.11 Å². The van der Waals surface area contributed by atoms with Crippen LogP contribution in [-0.4, -0.2) is 23.3 Å². The van der Waals surface area contributed by atoms with Crippen molar-refractivity contribution >= 4 is 12.2 Å². The number of hydrogen-bond donors (Lipinski definition) is 1. The van der Waals surface area contributed by atoms with Crippen LogP contribution in [0.15, 0.2) is 16.6 Å². The Bertz CT molecular complexity index is 622. The van der Waals surface area contributed by atoms with E-state index in [-0.39, 0.29) is 23.3 Å². The second-order valence-electron chi connectivity index (χ2n) is 9.59. The van der Waals surface area contributed by atoms with Crippen molar-refractivity contribution in [2.75, 3.05) is 0 Å². The highest BCUT2D eigenvalue weighted by molar-refractivity contribution is 5.68. The highest BCUT2D eigenvalue weighted by Crippen LogP contribution is 2.69. The summed E-state index contributed by atoms with van der Waals surface area (Å²) in [5.41, 5.74) is 1.78. The number of aliphatic imine (C=N–C) groups is 1. The van der Waals surface area contributed by atoms with Crippen molar-refractivity contribution in [3.05, 3.63) is 11.6 Å². The molecule has 25 heavy (non-hydrogen) atoms. The van der Waals surface area contributed by atoms with Crippen molar-refractivity contribution in [3.8, 4) is 0 Å². The smallest absolute Gasteiger partial charge is 0.303 e. The Morgan fingerprint density at radius 1 is 1.32 bits per heavy atom. The van der Waals surface area contributed by atoms with Crippen LogP contribution in [0.1, 0.15) is 72.1 Å². The standard InChI is InChI=1S/C22H33NO2/c1-14(2)17-9-11-21(3)16-8-7-15-5-4-6-18(15)22(21,12-10-19(24)25)20(17)23-13-16/h6,13-17,20H,4-5,7-12H2,1-3H3,(H,24,25)/t15-,16+,17+,20-,21-,22-/m1/s1. The Balaban J connectivity index is 1.90. The molecule has 0 unspecified atom stereocenters. The number of nitrogens with zero attached hydrogens (tertiary/aromatic N) is 1. The summed E-state index contributed by atoms with van der Waals surface area (Å²) >= 11 is 0. The van der Waals surface area contributed by atoms with Gasteiger partial charge in [-0.3, -0.25) is 9.79 Å². The number of aliphatic carboxylic acids is 1. The van der Waals surface area contributed by atoms with Crippen LogP contribution in [0.3, 0.4) is 0 Å². The largest absolute Gasteiger partial charge is 0.481 e. The lowest BCUT2D eigenvalue weighted by Crippen LogP contribution is -2.61. The van der Waals surface area contributed by atoms with Crippen molar-refractivity contribution in [1.82, 2.24) is 0 Å². The van der Waals surface area contributed by atoms with E-state index in [1.807, 2.05) is 0 Å². The van der Waals surface area contributed by atoms with Gasteiger partial charge in [-0.05, 0) is 68.1 Å². The Kier molecular flexibility index (Phi) is 4.12. The van der Waals surface area contributed by atoms with E-state index in [1.54, 1.807) is 5.57 Å². The van der Waals surface area contributed by atoms with Crippen LogP contribution in [0.4, 0.5) is 0 Å². The molecule has 3 nitrogen and oxygen atoms in total. The summed E-state index contributed by atoms with van der Waals surface area (Å²) in [5.74, 6) is 1.74. The van der Waals surface area contributed by atoms with E-state index in [0.717, 1.165) is 6.42 Å². The first-order chi connectivity index (χ1) is 11.9. The fraction of sp³-hybridized carbons (Fsp3) is 0.818. The monoisotopic (exact) mass is 343 g/mol. The van der Waals surface area contributed by atoms with Gasteiger partial charge in [-0.2, -0.15) is 0 Å². The minimum atomic E-state index is -0.650. The molecule has 4 bridgehead atoms. The fourth-order valence-electron chi connectivity index (χ4n) is 7.13. The number of fused-ring (bicyclic) bond motifs is 1. The predicted molar refractivity (Wildman–Crippen MR) is 101 cm³/mol. The van der Waals surface area contributed by atoms with E-state index in [1.165, 1.54) is 38.5 Å². The van der Waals surface area contributed by atoms with Gasteiger partial charge in [0.25, 0.3) is 0 Å². The molecule has 0 radical (unpaired) electrons. The van der Waals surface area contributed by atoms with Crippen molar-refractivity contribution in [3.63, 3.8) is 0 Å². The molecule has 0 aromatic rings. The first-order valence-corrected chi connectivity index (χ1v) is 10.4. The van der Waals surface area contributed by atoms with Crippen LogP contribution in [0.25, 0.3) is 0 Å². The molecule has 4 rings (SSSR count). The van der Waals surface area contributed by atoms with E-state index in [9.17, 15) is 9.90 Å². The minimum absolute atomic E-state index is 0.0182. The molecule has 2 saturated carbocycles. The lowest BCUT2D eigenvalue weighted by molar-refractivity contribution is -0.139. The van der Waals surface area contributed by atoms with Gasteiger partial charge in [0.2, 0.25) is 0 Å². The van der Waals surface area contributed by atoms with Gasteiger partial charge in [-0.1, -0.05) is 32.4 Å². The molecule has 0 amide bonds. The molecular formula is C22H33NO2.